The summed E-state index contributed by atoms with van der Waals surface area (Å²) in [6.45, 7) is 0. The summed E-state index contributed by atoms with van der Waals surface area (Å²) in [5.41, 5.74) is -2.42. The number of carbonyl (C=O) groups is 2. The maximum absolute atomic E-state index is 11.0. The van der Waals surface area contributed by atoms with Crippen LogP contribution in [0.25, 0.3) is 0 Å². The molecule has 0 unspecified atom stereocenters. The summed E-state index contributed by atoms with van der Waals surface area (Å²) in [6, 6.07) is 1.56. The second kappa shape index (κ2) is 6.39. The first-order valence-corrected chi connectivity index (χ1v) is 7.25. The topological polar surface area (TPSA) is 183 Å². The molecule has 0 saturated heterocycles. The molecule has 10 nitrogen and oxygen atoms in total. The van der Waals surface area contributed by atoms with Crippen LogP contribution in [0.5, 0.6) is 0 Å². The zero-order valence-electron chi connectivity index (χ0n) is 10.1. The van der Waals surface area contributed by atoms with Gasteiger partial charge in [-0.2, -0.15) is 16.8 Å². The fourth-order valence-corrected chi connectivity index (χ4v) is 2.61. The van der Waals surface area contributed by atoms with E-state index in [2.05, 4.69) is 0 Å². The van der Waals surface area contributed by atoms with E-state index < -0.39 is 53.1 Å². The first kappa shape index (κ1) is 20.0. The van der Waals surface area contributed by atoms with E-state index in [-0.39, 0.29) is 35.6 Å². The summed E-state index contributed by atoms with van der Waals surface area (Å²) in [5.74, 6) is -3.89. The van der Waals surface area contributed by atoms with Gasteiger partial charge in [-0.3, -0.25) is 18.7 Å². The molecule has 13 heteroatoms. The average Bonchev–Trinajstić information content (AvgIpc) is 2.24. The zero-order valence-corrected chi connectivity index (χ0v) is 13.8. The van der Waals surface area contributed by atoms with Crippen LogP contribution in [-0.4, -0.2) is 48.1 Å². The molecule has 0 fully saturated rings. The maximum atomic E-state index is 11.0. The molecular formula is C8H5NaO10S2. The molecule has 0 aliphatic rings. The Morgan fingerprint density at radius 3 is 1.33 bits per heavy atom. The molecule has 4 N–H and O–H groups in total. The van der Waals surface area contributed by atoms with Crippen LogP contribution in [0.2, 0.25) is 0 Å². The maximum Gasteiger partial charge on any atom is 1.00 e. The van der Waals surface area contributed by atoms with Crippen molar-refractivity contribution in [3.8, 4) is 0 Å². The van der Waals surface area contributed by atoms with Gasteiger partial charge in [-0.05, 0) is 20.9 Å². The number of aromatic carboxylic acids is 2. The van der Waals surface area contributed by atoms with Crippen molar-refractivity contribution in [3.05, 3.63) is 23.3 Å². The van der Waals surface area contributed by atoms with Gasteiger partial charge in [0.2, 0.25) is 0 Å². The first-order valence-electron chi connectivity index (χ1n) is 4.37. The monoisotopic (exact) mass is 348 g/mol. The molecule has 0 aliphatic heterocycles. The molecule has 0 saturated carbocycles. The van der Waals surface area contributed by atoms with Crippen molar-refractivity contribution in [2.24, 2.45) is 0 Å². The third kappa shape index (κ3) is 4.47. The minimum atomic E-state index is -5.21. The predicted octanol–water partition coefficient (Wildman–Crippen LogP) is -3.62. The van der Waals surface area contributed by atoms with Crippen molar-refractivity contribution in [2.45, 2.75) is 9.79 Å². The zero-order chi connectivity index (χ0) is 15.9. The molecule has 1 aromatic carbocycles. The molecular weight excluding hydrogens is 343 g/mol. The number of carboxylic acids is 2. The Bertz CT molecular complexity index is 742. The van der Waals surface area contributed by atoms with Crippen LogP contribution in [0.4, 0.5) is 0 Å². The van der Waals surface area contributed by atoms with Crippen molar-refractivity contribution in [1.29, 1.82) is 0 Å². The standard InChI is InChI=1S/C8H5O10S2.Na/c9-7(10)3-1-4(8(11)12)6(20(16,17)18)2-5(3)19(13,14)15;/h1H,(H,9,10)(H,11,12)(H,13,14,15)(H,16,17,18);/q-1;+1. The van der Waals surface area contributed by atoms with Crippen molar-refractivity contribution in [1.82, 2.24) is 0 Å². The van der Waals surface area contributed by atoms with Crippen LogP contribution in [-0.2, 0) is 20.2 Å². The Kier molecular flexibility index (Phi) is 6.08. The number of hydrogen-bond acceptors (Lipinski definition) is 6. The summed E-state index contributed by atoms with van der Waals surface area (Å²) in [4.78, 5) is 18.6. The van der Waals surface area contributed by atoms with Crippen LogP contribution in [0.1, 0.15) is 20.7 Å². The molecule has 110 valence electrons. The molecule has 0 atom stereocenters. The number of rotatable bonds is 4. The molecule has 21 heavy (non-hydrogen) atoms. The summed E-state index contributed by atoms with van der Waals surface area (Å²) >= 11 is 0. The summed E-state index contributed by atoms with van der Waals surface area (Å²) in [6.07, 6.45) is 0. The van der Waals surface area contributed by atoms with E-state index in [0.717, 1.165) is 0 Å². The molecule has 0 aliphatic carbocycles. The smallest absolute Gasteiger partial charge is 0.487 e. The van der Waals surface area contributed by atoms with Crippen LogP contribution < -0.4 is 29.6 Å². The molecule has 1 aromatic rings. The van der Waals surface area contributed by atoms with Crippen molar-refractivity contribution < 1.29 is 75.3 Å². The van der Waals surface area contributed by atoms with E-state index in [0.29, 0.717) is 0 Å². The van der Waals surface area contributed by atoms with Gasteiger partial charge in [0.05, 0.1) is 0 Å². The second-order valence-electron chi connectivity index (χ2n) is 3.32. The summed E-state index contributed by atoms with van der Waals surface area (Å²) in [7, 11) is -10.4. The normalized spacial score (nSPS) is 11.5. The van der Waals surface area contributed by atoms with Gasteiger partial charge in [-0.15, -0.1) is 12.1 Å². The van der Waals surface area contributed by atoms with E-state index >= 15 is 0 Å². The van der Waals surface area contributed by atoms with Crippen LogP contribution in [0.3, 0.4) is 0 Å². The van der Waals surface area contributed by atoms with E-state index in [1.54, 1.807) is 0 Å². The Labute approximate surface area is 140 Å². The fraction of sp³-hybridized carbons (Fsp3) is 0. The van der Waals surface area contributed by atoms with Gasteiger partial charge < -0.3 is 10.2 Å². The summed E-state index contributed by atoms with van der Waals surface area (Å²) in [5, 5.41) is 17.5. The van der Waals surface area contributed by atoms with E-state index in [1.165, 1.54) is 6.07 Å². The van der Waals surface area contributed by atoms with Crippen LogP contribution in [0, 0.1) is 6.07 Å². The van der Waals surface area contributed by atoms with Gasteiger partial charge in [-0.25, -0.2) is 0 Å². The quantitative estimate of drug-likeness (QED) is 0.241. The molecule has 0 heterocycles. The Morgan fingerprint density at radius 2 is 1.14 bits per heavy atom. The van der Waals surface area contributed by atoms with Crippen LogP contribution >= 0.6 is 0 Å². The van der Waals surface area contributed by atoms with Gasteiger partial charge in [0.25, 0.3) is 32.2 Å². The van der Waals surface area contributed by atoms with E-state index in [9.17, 15) is 26.4 Å². The minimum Gasteiger partial charge on any atom is -0.487 e. The molecule has 0 bridgehead atoms. The SMILES string of the molecule is O=C(O)c1cc(C(=O)O)c(S(=O)(=O)O)[c-]c1S(=O)(=O)O.[Na+]. The number of carboxylic acid groups (broad SMARTS) is 2. The second-order valence-corrected chi connectivity index (χ2v) is 6.03. The number of hydrogen-bond donors (Lipinski definition) is 4. The van der Waals surface area contributed by atoms with Crippen molar-refractivity contribution in [3.63, 3.8) is 0 Å². The molecule has 0 amide bonds. The van der Waals surface area contributed by atoms with E-state index in [1.807, 2.05) is 0 Å². The molecule has 1 rings (SSSR count). The Hall–Kier alpha value is -1.02. The van der Waals surface area contributed by atoms with E-state index in [4.69, 9.17) is 19.3 Å². The number of benzene rings is 1. The summed E-state index contributed by atoms with van der Waals surface area (Å²) < 4.78 is 61.4. The third-order valence-electron chi connectivity index (χ3n) is 1.98. The minimum absolute atomic E-state index is 0. The van der Waals surface area contributed by atoms with Crippen molar-refractivity contribution >= 4 is 32.2 Å². The van der Waals surface area contributed by atoms with Gasteiger partial charge in [0.15, 0.2) is 0 Å². The third-order valence-corrected chi connectivity index (χ3v) is 3.66. The molecule has 0 spiro atoms. The first-order chi connectivity index (χ1) is 8.85. The van der Waals surface area contributed by atoms with Gasteiger partial charge in [0.1, 0.15) is 0 Å². The van der Waals surface area contributed by atoms with Gasteiger partial charge in [-0.1, -0.05) is 0 Å². The molecule has 0 aromatic heterocycles. The predicted molar refractivity (Wildman–Crippen MR) is 58.8 cm³/mol. The Morgan fingerprint density at radius 1 is 0.857 bits per heavy atom. The van der Waals surface area contributed by atoms with Gasteiger partial charge in [0, 0.05) is 0 Å². The Balaban J connectivity index is 0.00000400. The molecule has 0 radical (unpaired) electrons. The van der Waals surface area contributed by atoms with Crippen LogP contribution in [0.15, 0.2) is 15.9 Å². The fourth-order valence-electron chi connectivity index (χ4n) is 1.24. The van der Waals surface area contributed by atoms with Gasteiger partial charge >= 0.3 is 29.6 Å². The largest absolute Gasteiger partial charge is 1.00 e. The van der Waals surface area contributed by atoms with Crippen molar-refractivity contribution in [2.75, 3.05) is 0 Å². The average molecular weight is 348 g/mol.